The molecule has 33 heavy (non-hydrogen) atoms. The number of ether oxygens (including phenoxy) is 1. The predicted molar refractivity (Wildman–Crippen MR) is 136 cm³/mol. The van der Waals surface area contributed by atoms with E-state index < -0.39 is 18.2 Å². The van der Waals surface area contributed by atoms with Crippen LogP contribution in [0.4, 0.5) is 0 Å². The third-order valence-corrected chi connectivity index (χ3v) is 7.19. The van der Waals surface area contributed by atoms with Crippen molar-refractivity contribution in [1.82, 2.24) is 5.32 Å². The molecular formula is C27H37NO4S. The number of rotatable bonds is 12. The first-order valence-corrected chi connectivity index (χ1v) is 13.4. The lowest BCUT2D eigenvalue weighted by Gasteiger charge is -2.23. The van der Waals surface area contributed by atoms with Crippen LogP contribution in [0.2, 0.25) is 0 Å². The molecule has 2 aromatic rings. The van der Waals surface area contributed by atoms with Crippen LogP contribution in [-0.4, -0.2) is 40.8 Å². The first-order valence-electron chi connectivity index (χ1n) is 12.0. The molecule has 180 valence electrons. The van der Waals surface area contributed by atoms with Crippen LogP contribution < -0.4 is 10.1 Å². The van der Waals surface area contributed by atoms with Gasteiger partial charge in [0.1, 0.15) is 18.0 Å². The van der Waals surface area contributed by atoms with Gasteiger partial charge >= 0.3 is 5.97 Å². The number of carbonyl (C=O) groups is 1. The second-order valence-corrected chi connectivity index (χ2v) is 9.93. The number of benzene rings is 2. The zero-order valence-corrected chi connectivity index (χ0v) is 20.6. The highest BCUT2D eigenvalue weighted by atomic mass is 32.2. The number of aliphatic carboxylic acids is 1. The molecule has 1 saturated carbocycles. The van der Waals surface area contributed by atoms with Crippen LogP contribution >= 0.6 is 11.8 Å². The van der Waals surface area contributed by atoms with Gasteiger partial charge in [-0.3, -0.25) is 10.1 Å². The fourth-order valence-corrected chi connectivity index (χ4v) is 5.06. The van der Waals surface area contributed by atoms with E-state index in [0.717, 1.165) is 34.8 Å². The smallest absolute Gasteiger partial charge is 0.320 e. The third kappa shape index (κ3) is 7.49. The van der Waals surface area contributed by atoms with Crippen molar-refractivity contribution in [2.45, 2.75) is 64.1 Å². The van der Waals surface area contributed by atoms with Crippen LogP contribution in [0.25, 0.3) is 11.1 Å². The maximum absolute atomic E-state index is 11.7. The first kappa shape index (κ1) is 25.6. The number of carboxylic acid groups (broad SMARTS) is 1. The minimum absolute atomic E-state index is 0.440. The number of nitrogens with one attached hydrogen (secondary N) is 1. The van der Waals surface area contributed by atoms with E-state index in [4.69, 9.17) is 4.74 Å². The van der Waals surface area contributed by atoms with E-state index in [1.54, 1.807) is 11.8 Å². The van der Waals surface area contributed by atoms with Gasteiger partial charge in [-0.15, -0.1) is 0 Å². The topological polar surface area (TPSA) is 78.8 Å². The summed E-state index contributed by atoms with van der Waals surface area (Å²) in [6.45, 7) is 2.72. The SMILES string of the molecule is CSCC[C@H](NC(O)c1ccc(OCCC2CCCCC2)cc1-c1ccccc1C)C(=O)O. The van der Waals surface area contributed by atoms with Gasteiger partial charge in [0.2, 0.25) is 0 Å². The van der Waals surface area contributed by atoms with E-state index >= 15 is 0 Å². The van der Waals surface area contributed by atoms with Crippen LogP contribution in [0, 0.1) is 12.8 Å². The van der Waals surface area contributed by atoms with E-state index in [1.165, 1.54) is 32.1 Å². The van der Waals surface area contributed by atoms with Crippen molar-refractivity contribution in [2.75, 3.05) is 18.6 Å². The molecule has 0 spiro atoms. The molecule has 0 aromatic heterocycles. The van der Waals surface area contributed by atoms with E-state index in [2.05, 4.69) is 5.32 Å². The number of hydrogen-bond acceptors (Lipinski definition) is 5. The maximum Gasteiger partial charge on any atom is 0.320 e. The number of aliphatic hydroxyl groups is 1. The van der Waals surface area contributed by atoms with Crippen LogP contribution in [0.15, 0.2) is 42.5 Å². The molecule has 1 unspecified atom stereocenters. The van der Waals surface area contributed by atoms with E-state index in [-0.39, 0.29) is 0 Å². The molecule has 1 fully saturated rings. The Hall–Kier alpha value is -2.02. The molecule has 1 aliphatic carbocycles. The monoisotopic (exact) mass is 471 g/mol. The quantitative estimate of drug-likeness (QED) is 0.340. The predicted octanol–water partition coefficient (Wildman–Crippen LogP) is 5.80. The molecule has 0 heterocycles. The average molecular weight is 472 g/mol. The second-order valence-electron chi connectivity index (χ2n) is 8.95. The van der Waals surface area contributed by atoms with Gasteiger partial charge in [0.25, 0.3) is 0 Å². The molecule has 3 N–H and O–H groups in total. The summed E-state index contributed by atoms with van der Waals surface area (Å²) in [5.74, 6) is 1.28. The summed E-state index contributed by atoms with van der Waals surface area (Å²) in [5, 5.41) is 23.5. The van der Waals surface area contributed by atoms with Crippen LogP contribution in [0.5, 0.6) is 5.75 Å². The highest BCUT2D eigenvalue weighted by Gasteiger charge is 2.23. The van der Waals surface area contributed by atoms with Crippen molar-refractivity contribution in [2.24, 2.45) is 5.92 Å². The van der Waals surface area contributed by atoms with Gasteiger partial charge in [0.15, 0.2) is 0 Å². The van der Waals surface area contributed by atoms with E-state index in [0.29, 0.717) is 24.3 Å². The molecular weight excluding hydrogens is 434 g/mol. The van der Waals surface area contributed by atoms with Gasteiger partial charge in [-0.25, -0.2) is 0 Å². The van der Waals surface area contributed by atoms with Gasteiger partial charge in [-0.05, 0) is 66.5 Å². The fraction of sp³-hybridized carbons (Fsp3) is 0.519. The van der Waals surface area contributed by atoms with Crippen molar-refractivity contribution in [3.63, 3.8) is 0 Å². The third-order valence-electron chi connectivity index (χ3n) is 6.54. The molecule has 2 aromatic carbocycles. The standard InChI is InChI=1S/C27H37NO4S/c1-19-8-6-7-11-22(19)24-18-21(32-16-14-20-9-4-3-5-10-20)12-13-23(24)26(29)28-25(27(30)31)15-17-33-2/h6-8,11-13,18,20,25-26,28-29H,3-5,9-10,14-17H2,1-2H3,(H,30,31)/t25-,26?/m0/s1. The summed E-state index contributed by atoms with van der Waals surface area (Å²) < 4.78 is 6.12. The zero-order valence-electron chi connectivity index (χ0n) is 19.8. The lowest BCUT2D eigenvalue weighted by atomic mass is 9.87. The first-order chi connectivity index (χ1) is 16.0. The number of carboxylic acids is 1. The molecule has 0 amide bonds. The molecule has 3 rings (SSSR count). The normalized spacial score (nSPS) is 16.3. The van der Waals surface area contributed by atoms with Gasteiger partial charge in [0.05, 0.1) is 6.61 Å². The summed E-state index contributed by atoms with van der Waals surface area (Å²) in [7, 11) is 0. The van der Waals surface area contributed by atoms with Crippen molar-refractivity contribution in [3.8, 4) is 16.9 Å². The Morgan fingerprint density at radius 3 is 2.61 bits per heavy atom. The van der Waals surface area contributed by atoms with Crippen molar-refractivity contribution >= 4 is 17.7 Å². The number of hydrogen-bond donors (Lipinski definition) is 3. The summed E-state index contributed by atoms with van der Waals surface area (Å²) in [4.78, 5) is 11.7. The molecule has 0 bridgehead atoms. The van der Waals surface area contributed by atoms with Crippen molar-refractivity contribution in [3.05, 3.63) is 53.6 Å². The Bertz CT molecular complexity index is 897. The van der Waals surface area contributed by atoms with Gasteiger partial charge < -0.3 is 14.9 Å². The minimum atomic E-state index is -1.10. The van der Waals surface area contributed by atoms with Crippen LogP contribution in [-0.2, 0) is 4.79 Å². The summed E-state index contributed by atoms with van der Waals surface area (Å²) in [6, 6.07) is 12.9. The molecule has 0 saturated heterocycles. The highest BCUT2D eigenvalue weighted by Crippen LogP contribution is 2.34. The Labute approximate surface area is 201 Å². The second kappa shape index (κ2) is 13.0. The number of aliphatic hydroxyl groups excluding tert-OH is 1. The maximum atomic E-state index is 11.7. The summed E-state index contributed by atoms with van der Waals surface area (Å²) in [6.07, 6.45) is 8.97. The largest absolute Gasteiger partial charge is 0.494 e. The molecule has 0 aliphatic heterocycles. The molecule has 5 nitrogen and oxygen atoms in total. The van der Waals surface area contributed by atoms with E-state index in [9.17, 15) is 15.0 Å². The molecule has 1 aliphatic rings. The minimum Gasteiger partial charge on any atom is -0.494 e. The Morgan fingerprint density at radius 1 is 1.15 bits per heavy atom. The van der Waals surface area contributed by atoms with Gasteiger partial charge in [-0.2, -0.15) is 11.8 Å². The Morgan fingerprint density at radius 2 is 1.91 bits per heavy atom. The van der Waals surface area contributed by atoms with Crippen molar-refractivity contribution < 1.29 is 19.7 Å². The summed E-state index contributed by atoms with van der Waals surface area (Å²) in [5.41, 5.74) is 3.60. The van der Waals surface area contributed by atoms with Crippen molar-refractivity contribution in [1.29, 1.82) is 0 Å². The fourth-order valence-electron chi connectivity index (χ4n) is 4.59. The van der Waals surface area contributed by atoms with Gasteiger partial charge in [0, 0.05) is 5.56 Å². The Balaban J connectivity index is 1.80. The van der Waals surface area contributed by atoms with Crippen LogP contribution in [0.1, 0.15) is 62.3 Å². The lowest BCUT2D eigenvalue weighted by Crippen LogP contribution is -2.39. The number of thioether (sulfide) groups is 1. The highest BCUT2D eigenvalue weighted by molar-refractivity contribution is 7.98. The molecule has 6 heteroatoms. The lowest BCUT2D eigenvalue weighted by molar-refractivity contribution is -0.140. The molecule has 2 atom stereocenters. The molecule has 0 radical (unpaired) electrons. The van der Waals surface area contributed by atoms with E-state index in [1.807, 2.05) is 55.6 Å². The van der Waals surface area contributed by atoms with Gasteiger partial charge in [-0.1, -0.05) is 62.4 Å². The van der Waals surface area contributed by atoms with Crippen LogP contribution in [0.3, 0.4) is 0 Å². The Kier molecular flexibility index (Phi) is 10.1. The number of aryl methyl sites for hydroxylation is 1. The zero-order chi connectivity index (χ0) is 23.6. The summed E-state index contributed by atoms with van der Waals surface area (Å²) >= 11 is 1.59. The average Bonchev–Trinajstić information content (AvgIpc) is 2.82.